The van der Waals surface area contributed by atoms with Crippen LogP contribution in [0.4, 0.5) is 5.69 Å². The van der Waals surface area contributed by atoms with E-state index in [1.54, 1.807) is 6.07 Å². The number of hydrogen-bond donors (Lipinski definition) is 2. The van der Waals surface area contributed by atoms with Crippen LogP contribution in [0.2, 0.25) is 10.0 Å². The van der Waals surface area contributed by atoms with Gasteiger partial charge in [0, 0.05) is 5.02 Å². The summed E-state index contributed by atoms with van der Waals surface area (Å²) in [6.45, 7) is 0. The van der Waals surface area contributed by atoms with E-state index in [2.05, 4.69) is 37.2 Å². The Morgan fingerprint density at radius 2 is 1.95 bits per heavy atom. The monoisotopic (exact) mass is 443 g/mol. The summed E-state index contributed by atoms with van der Waals surface area (Å²) < 4.78 is 1.50. The molecule has 1 heterocycles. The first kappa shape index (κ1) is 15.1. The van der Waals surface area contributed by atoms with Crippen LogP contribution in [0.15, 0.2) is 25.8 Å². The van der Waals surface area contributed by atoms with Crippen molar-refractivity contribution in [2.45, 2.75) is 0 Å². The van der Waals surface area contributed by atoms with Crippen molar-refractivity contribution in [2.75, 3.05) is 5.32 Å². The summed E-state index contributed by atoms with van der Waals surface area (Å²) in [6, 6.07) is 4.49. The molecule has 19 heavy (non-hydrogen) atoms. The van der Waals surface area contributed by atoms with Gasteiger partial charge < -0.3 is 10.4 Å². The highest BCUT2D eigenvalue weighted by Gasteiger charge is 2.16. The third-order valence-electron chi connectivity index (χ3n) is 2.18. The van der Waals surface area contributed by atoms with Crippen LogP contribution < -0.4 is 5.32 Å². The normalized spacial score (nSPS) is 10.5. The molecule has 0 fully saturated rings. The summed E-state index contributed by atoms with van der Waals surface area (Å²) in [7, 11) is 0. The molecule has 0 atom stereocenters. The fourth-order valence-electron chi connectivity index (χ4n) is 1.35. The van der Waals surface area contributed by atoms with Gasteiger partial charge in [-0.25, -0.2) is 0 Å². The van der Waals surface area contributed by atoms with Gasteiger partial charge >= 0.3 is 0 Å². The molecule has 0 saturated heterocycles. The number of hydrogen-bond acceptors (Lipinski definition) is 3. The Balaban J connectivity index is 2.31. The molecule has 0 aliphatic heterocycles. The largest absolute Gasteiger partial charge is 0.504 e. The molecule has 2 aromatic rings. The number of amides is 1. The lowest BCUT2D eigenvalue weighted by molar-refractivity contribution is 0.102. The molecule has 100 valence electrons. The Bertz CT molecular complexity index is 660. The molecule has 8 heteroatoms. The molecular formula is C11H5Br2Cl2NO2S. The zero-order chi connectivity index (χ0) is 14.2. The van der Waals surface area contributed by atoms with E-state index >= 15 is 0 Å². The van der Waals surface area contributed by atoms with Crippen molar-refractivity contribution in [1.82, 2.24) is 0 Å². The third kappa shape index (κ3) is 3.44. The van der Waals surface area contributed by atoms with Gasteiger partial charge in [0.15, 0.2) is 5.75 Å². The summed E-state index contributed by atoms with van der Waals surface area (Å²) in [4.78, 5) is 12.1. The van der Waals surface area contributed by atoms with Crippen LogP contribution in [0.25, 0.3) is 0 Å². The maximum Gasteiger partial charge on any atom is 0.257 e. The number of nitrogens with one attached hydrogen (secondary N) is 1. The van der Waals surface area contributed by atoms with Crippen molar-refractivity contribution in [3.63, 3.8) is 0 Å². The maximum atomic E-state index is 12.1. The highest BCUT2D eigenvalue weighted by molar-refractivity contribution is 9.12. The number of halogens is 4. The first-order valence-corrected chi connectivity index (χ1v) is 7.98. The zero-order valence-corrected chi connectivity index (χ0v) is 14.5. The Labute approximate surface area is 139 Å². The zero-order valence-electron chi connectivity index (χ0n) is 9.01. The number of carbonyl (C=O) groups excluding carboxylic acids is 1. The van der Waals surface area contributed by atoms with Gasteiger partial charge in [0.25, 0.3) is 5.91 Å². The highest BCUT2D eigenvalue weighted by Crippen LogP contribution is 2.36. The van der Waals surface area contributed by atoms with Crippen molar-refractivity contribution in [1.29, 1.82) is 0 Å². The van der Waals surface area contributed by atoms with Crippen LogP contribution in [0, 0.1) is 0 Å². The van der Waals surface area contributed by atoms with E-state index in [0.29, 0.717) is 14.4 Å². The van der Waals surface area contributed by atoms with E-state index in [0.717, 1.165) is 3.79 Å². The molecule has 0 aliphatic rings. The van der Waals surface area contributed by atoms with Crippen LogP contribution >= 0.6 is 66.4 Å². The Kier molecular flexibility index (Phi) is 4.79. The average Bonchev–Trinajstić information content (AvgIpc) is 2.64. The molecule has 1 amide bonds. The number of phenols is 1. The van der Waals surface area contributed by atoms with Gasteiger partial charge in [-0.1, -0.05) is 23.2 Å². The Morgan fingerprint density at radius 3 is 2.53 bits per heavy atom. The number of benzene rings is 1. The Morgan fingerprint density at radius 1 is 1.26 bits per heavy atom. The van der Waals surface area contributed by atoms with Crippen LogP contribution in [-0.2, 0) is 0 Å². The van der Waals surface area contributed by atoms with Gasteiger partial charge in [0.2, 0.25) is 0 Å². The molecule has 0 radical (unpaired) electrons. The number of anilines is 1. The van der Waals surface area contributed by atoms with Crippen molar-refractivity contribution in [2.24, 2.45) is 0 Å². The average molecular weight is 446 g/mol. The number of aromatic hydroxyl groups is 1. The minimum atomic E-state index is -0.373. The predicted octanol–water partition coefficient (Wildman–Crippen LogP) is 5.54. The van der Waals surface area contributed by atoms with Crippen molar-refractivity contribution < 1.29 is 9.90 Å². The first-order chi connectivity index (χ1) is 8.88. The molecule has 0 saturated carbocycles. The number of phenolic OH excluding ortho intramolecular Hbond substituents is 1. The van der Waals surface area contributed by atoms with Crippen LogP contribution in [0.1, 0.15) is 10.4 Å². The SMILES string of the molecule is O=C(Nc1cc(Cl)cc(Cl)c1O)c1cc(Br)sc1Br. The molecule has 2 N–H and O–H groups in total. The van der Waals surface area contributed by atoms with Gasteiger partial charge in [-0.3, -0.25) is 4.79 Å². The predicted molar refractivity (Wildman–Crippen MR) is 85.8 cm³/mol. The van der Waals surface area contributed by atoms with E-state index < -0.39 is 0 Å². The molecule has 1 aromatic carbocycles. The van der Waals surface area contributed by atoms with Crippen molar-refractivity contribution in [3.05, 3.63) is 41.4 Å². The van der Waals surface area contributed by atoms with E-state index in [9.17, 15) is 9.90 Å². The first-order valence-electron chi connectivity index (χ1n) is 4.82. The molecular weight excluding hydrogens is 441 g/mol. The van der Waals surface area contributed by atoms with E-state index in [-0.39, 0.29) is 22.4 Å². The Hall–Kier alpha value is -0.270. The minimum absolute atomic E-state index is 0.0772. The number of thiophene rings is 1. The maximum absolute atomic E-state index is 12.1. The van der Waals surface area contributed by atoms with Gasteiger partial charge in [0.05, 0.1) is 23.8 Å². The molecule has 0 bridgehead atoms. The second-order valence-electron chi connectivity index (χ2n) is 3.48. The highest BCUT2D eigenvalue weighted by atomic mass is 79.9. The van der Waals surface area contributed by atoms with Gasteiger partial charge in [0.1, 0.15) is 0 Å². The standard InChI is InChI=1S/C11H5Br2Cl2NO2S/c12-8-3-5(10(13)19-8)11(18)16-7-2-4(14)1-6(15)9(7)17/h1-3,17H,(H,16,18). The summed E-state index contributed by atoms with van der Waals surface area (Å²) in [5.74, 6) is -0.590. The molecule has 0 spiro atoms. The van der Waals surface area contributed by atoms with E-state index in [1.165, 1.54) is 23.5 Å². The minimum Gasteiger partial charge on any atom is -0.504 e. The van der Waals surface area contributed by atoms with Gasteiger partial charge in [-0.15, -0.1) is 11.3 Å². The molecule has 0 unspecified atom stereocenters. The summed E-state index contributed by atoms with van der Waals surface area (Å²) >= 11 is 19.6. The second-order valence-corrected chi connectivity index (χ2v) is 8.07. The molecule has 1 aromatic heterocycles. The molecule has 0 aliphatic carbocycles. The van der Waals surface area contributed by atoms with Crippen LogP contribution in [0.3, 0.4) is 0 Å². The number of rotatable bonds is 2. The number of carbonyl (C=O) groups is 1. The fraction of sp³-hybridized carbons (Fsp3) is 0. The van der Waals surface area contributed by atoms with Crippen molar-refractivity contribution >= 4 is 78.0 Å². The lowest BCUT2D eigenvalue weighted by Gasteiger charge is -2.08. The van der Waals surface area contributed by atoms with Crippen LogP contribution in [0.5, 0.6) is 5.75 Å². The molecule has 3 nitrogen and oxygen atoms in total. The second kappa shape index (κ2) is 6.01. The lowest BCUT2D eigenvalue weighted by Crippen LogP contribution is -2.11. The fourth-order valence-corrected chi connectivity index (χ4v) is 4.63. The lowest BCUT2D eigenvalue weighted by atomic mass is 10.2. The van der Waals surface area contributed by atoms with E-state index in [1.807, 2.05) is 0 Å². The van der Waals surface area contributed by atoms with Gasteiger partial charge in [-0.2, -0.15) is 0 Å². The van der Waals surface area contributed by atoms with Crippen molar-refractivity contribution in [3.8, 4) is 5.75 Å². The van der Waals surface area contributed by atoms with Gasteiger partial charge in [-0.05, 0) is 50.1 Å². The van der Waals surface area contributed by atoms with Crippen LogP contribution in [-0.4, -0.2) is 11.0 Å². The smallest absolute Gasteiger partial charge is 0.257 e. The summed E-state index contributed by atoms with van der Waals surface area (Å²) in [5, 5.41) is 12.7. The topological polar surface area (TPSA) is 49.3 Å². The molecule has 2 rings (SSSR count). The summed E-state index contributed by atoms with van der Waals surface area (Å²) in [5.41, 5.74) is 0.615. The third-order valence-corrected chi connectivity index (χ3v) is 5.02. The quantitative estimate of drug-likeness (QED) is 0.596. The van der Waals surface area contributed by atoms with E-state index in [4.69, 9.17) is 23.2 Å². The summed E-state index contributed by atoms with van der Waals surface area (Å²) in [6.07, 6.45) is 0.